The van der Waals surface area contributed by atoms with E-state index in [1.807, 2.05) is 24.3 Å². The maximum atomic E-state index is 12.9. The highest BCUT2D eigenvalue weighted by Gasteiger charge is 2.21. The predicted molar refractivity (Wildman–Crippen MR) is 102 cm³/mol. The van der Waals surface area contributed by atoms with Gasteiger partial charge in [-0.05, 0) is 48.5 Å². The van der Waals surface area contributed by atoms with Crippen LogP contribution in [-0.4, -0.2) is 62.3 Å². The first-order chi connectivity index (χ1) is 13.1. The van der Waals surface area contributed by atoms with Crippen molar-refractivity contribution in [2.75, 3.05) is 51.8 Å². The second-order valence-electron chi connectivity index (χ2n) is 6.29. The molecule has 2 aromatic rings. The fourth-order valence-electron chi connectivity index (χ4n) is 2.87. The zero-order valence-corrected chi connectivity index (χ0v) is 15.4. The number of nitrogens with one attached hydrogen (secondary N) is 1. The third-order valence-electron chi connectivity index (χ3n) is 4.49. The van der Waals surface area contributed by atoms with E-state index in [2.05, 4.69) is 10.2 Å². The van der Waals surface area contributed by atoms with E-state index < -0.39 is 0 Å². The average Bonchev–Trinajstić information content (AvgIpc) is 2.71. The van der Waals surface area contributed by atoms with Gasteiger partial charge < -0.3 is 19.7 Å². The molecule has 1 aliphatic rings. The normalized spacial score (nSPS) is 14.7. The molecule has 1 heterocycles. The number of carbonyl (C=O) groups is 1. The van der Waals surface area contributed by atoms with Gasteiger partial charge in [0.2, 0.25) is 0 Å². The monoisotopic (exact) mass is 373 g/mol. The van der Waals surface area contributed by atoms with Crippen LogP contribution in [0.4, 0.5) is 14.9 Å². The lowest BCUT2D eigenvalue weighted by atomic mass is 10.3. The highest BCUT2D eigenvalue weighted by atomic mass is 19.1. The third kappa shape index (κ3) is 5.59. The summed E-state index contributed by atoms with van der Waals surface area (Å²) in [7, 11) is 1.63. The first-order valence-corrected chi connectivity index (χ1v) is 8.95. The molecule has 3 rings (SSSR count). The van der Waals surface area contributed by atoms with Gasteiger partial charge in [-0.3, -0.25) is 4.90 Å². The van der Waals surface area contributed by atoms with Crippen LogP contribution in [0, 0.1) is 5.82 Å². The summed E-state index contributed by atoms with van der Waals surface area (Å²) in [5, 5.41) is 2.79. The molecule has 1 aliphatic heterocycles. The van der Waals surface area contributed by atoms with Gasteiger partial charge in [0.25, 0.3) is 0 Å². The molecule has 2 amide bonds. The fourth-order valence-corrected chi connectivity index (χ4v) is 2.87. The number of hydrogen-bond acceptors (Lipinski definition) is 4. The molecule has 27 heavy (non-hydrogen) atoms. The molecular weight excluding hydrogens is 349 g/mol. The number of piperazine rings is 1. The molecule has 6 nitrogen and oxygen atoms in total. The quantitative estimate of drug-likeness (QED) is 0.846. The number of hydrogen-bond donors (Lipinski definition) is 1. The van der Waals surface area contributed by atoms with E-state index in [9.17, 15) is 9.18 Å². The van der Waals surface area contributed by atoms with Crippen LogP contribution in [0.2, 0.25) is 0 Å². The number of nitrogens with zero attached hydrogens (tertiary/aromatic N) is 2. The zero-order valence-electron chi connectivity index (χ0n) is 15.4. The Morgan fingerprint density at radius 2 is 1.63 bits per heavy atom. The lowest BCUT2D eigenvalue weighted by molar-refractivity contribution is 0.132. The van der Waals surface area contributed by atoms with Gasteiger partial charge in [-0.2, -0.15) is 0 Å². The van der Waals surface area contributed by atoms with E-state index in [0.29, 0.717) is 25.4 Å². The molecule has 144 valence electrons. The minimum absolute atomic E-state index is 0.157. The van der Waals surface area contributed by atoms with Crippen LogP contribution in [-0.2, 0) is 0 Å². The lowest BCUT2D eigenvalue weighted by Gasteiger charge is -2.34. The topological polar surface area (TPSA) is 54.0 Å². The van der Waals surface area contributed by atoms with E-state index in [0.717, 1.165) is 31.1 Å². The molecule has 0 saturated carbocycles. The molecule has 1 fully saturated rings. The van der Waals surface area contributed by atoms with Gasteiger partial charge in [0.05, 0.1) is 7.11 Å². The van der Waals surface area contributed by atoms with Crippen LogP contribution in [0.15, 0.2) is 48.5 Å². The second-order valence-corrected chi connectivity index (χ2v) is 6.29. The third-order valence-corrected chi connectivity index (χ3v) is 4.49. The van der Waals surface area contributed by atoms with Gasteiger partial charge >= 0.3 is 6.03 Å². The fraction of sp³-hybridized carbons (Fsp3) is 0.350. The summed E-state index contributed by atoms with van der Waals surface area (Å²) in [5.41, 5.74) is 0.594. The number of methoxy groups -OCH3 is 1. The van der Waals surface area contributed by atoms with Crippen LogP contribution >= 0.6 is 0 Å². The van der Waals surface area contributed by atoms with Gasteiger partial charge in [0.1, 0.15) is 23.9 Å². The summed E-state index contributed by atoms with van der Waals surface area (Å²) in [5.74, 6) is 1.30. The van der Waals surface area contributed by atoms with E-state index >= 15 is 0 Å². The predicted octanol–water partition coefficient (Wildman–Crippen LogP) is 3.06. The summed E-state index contributed by atoms with van der Waals surface area (Å²) in [6.07, 6.45) is 0. The van der Waals surface area contributed by atoms with Gasteiger partial charge in [-0.15, -0.1) is 0 Å². The SMILES string of the molecule is COc1ccc(OCCN2CCN(C(=O)Nc3ccc(F)cc3)CC2)cc1. The Morgan fingerprint density at radius 1 is 1.00 bits per heavy atom. The average molecular weight is 373 g/mol. The number of halogens is 1. The van der Waals surface area contributed by atoms with Crippen LogP contribution < -0.4 is 14.8 Å². The van der Waals surface area contributed by atoms with Crippen LogP contribution in [0.25, 0.3) is 0 Å². The van der Waals surface area contributed by atoms with E-state index in [-0.39, 0.29) is 11.8 Å². The number of carbonyl (C=O) groups excluding carboxylic acids is 1. The van der Waals surface area contributed by atoms with Crippen LogP contribution in [0.5, 0.6) is 11.5 Å². The Kier molecular flexibility index (Phi) is 6.49. The maximum absolute atomic E-state index is 12.9. The van der Waals surface area contributed by atoms with Crippen molar-refractivity contribution in [2.24, 2.45) is 0 Å². The maximum Gasteiger partial charge on any atom is 0.321 e. The molecule has 0 aromatic heterocycles. The van der Waals surface area contributed by atoms with Crippen molar-refractivity contribution < 1.29 is 18.7 Å². The number of rotatable bonds is 6. The number of amides is 2. The summed E-state index contributed by atoms with van der Waals surface area (Å²) in [6, 6.07) is 13.1. The molecular formula is C20H24FN3O3. The minimum atomic E-state index is -0.321. The molecule has 0 atom stereocenters. The summed E-state index contributed by atoms with van der Waals surface area (Å²) in [6.45, 7) is 4.28. The van der Waals surface area contributed by atoms with Gasteiger partial charge in [0.15, 0.2) is 0 Å². The Hall–Kier alpha value is -2.80. The molecule has 2 aromatic carbocycles. The lowest BCUT2D eigenvalue weighted by Crippen LogP contribution is -2.50. The van der Waals surface area contributed by atoms with Crippen molar-refractivity contribution in [3.05, 3.63) is 54.3 Å². The van der Waals surface area contributed by atoms with Crippen molar-refractivity contribution in [2.45, 2.75) is 0 Å². The summed E-state index contributed by atoms with van der Waals surface area (Å²) in [4.78, 5) is 16.3. The highest BCUT2D eigenvalue weighted by molar-refractivity contribution is 5.89. The molecule has 0 aliphatic carbocycles. The largest absolute Gasteiger partial charge is 0.497 e. The first-order valence-electron chi connectivity index (χ1n) is 8.95. The molecule has 1 saturated heterocycles. The highest BCUT2D eigenvalue weighted by Crippen LogP contribution is 2.17. The number of urea groups is 1. The Bertz CT molecular complexity index is 729. The number of anilines is 1. The Morgan fingerprint density at radius 3 is 2.26 bits per heavy atom. The van der Waals surface area contributed by atoms with Crippen LogP contribution in [0.3, 0.4) is 0 Å². The van der Waals surface area contributed by atoms with Gasteiger partial charge in [-0.1, -0.05) is 0 Å². The minimum Gasteiger partial charge on any atom is -0.497 e. The molecule has 0 unspecified atom stereocenters. The Labute approximate surface area is 158 Å². The van der Waals surface area contributed by atoms with Crippen molar-refractivity contribution in [3.8, 4) is 11.5 Å². The van der Waals surface area contributed by atoms with Crippen molar-refractivity contribution in [3.63, 3.8) is 0 Å². The van der Waals surface area contributed by atoms with Gasteiger partial charge in [0, 0.05) is 38.4 Å². The smallest absolute Gasteiger partial charge is 0.321 e. The zero-order chi connectivity index (χ0) is 19.1. The molecule has 1 N–H and O–H groups in total. The van der Waals surface area contributed by atoms with Gasteiger partial charge in [-0.25, -0.2) is 9.18 Å². The Balaban J connectivity index is 1.36. The summed E-state index contributed by atoms with van der Waals surface area (Å²) < 4.78 is 23.8. The van der Waals surface area contributed by atoms with E-state index in [4.69, 9.17) is 9.47 Å². The molecule has 0 bridgehead atoms. The molecule has 0 radical (unpaired) electrons. The van der Waals surface area contributed by atoms with Crippen molar-refractivity contribution >= 4 is 11.7 Å². The first kappa shape index (κ1) is 19.0. The summed E-state index contributed by atoms with van der Waals surface area (Å²) >= 11 is 0. The van der Waals surface area contributed by atoms with Crippen molar-refractivity contribution in [1.29, 1.82) is 0 Å². The number of benzene rings is 2. The van der Waals surface area contributed by atoms with E-state index in [1.54, 1.807) is 24.1 Å². The molecule has 7 heteroatoms. The number of ether oxygens (including phenoxy) is 2. The molecule has 0 spiro atoms. The van der Waals surface area contributed by atoms with Crippen molar-refractivity contribution in [1.82, 2.24) is 9.80 Å². The van der Waals surface area contributed by atoms with E-state index in [1.165, 1.54) is 12.1 Å². The second kappa shape index (κ2) is 9.23. The standard InChI is InChI=1S/C20H24FN3O3/c1-26-18-6-8-19(9-7-18)27-15-14-23-10-12-24(13-11-23)20(25)22-17-4-2-16(21)3-5-17/h2-9H,10-15H2,1H3,(H,22,25). The van der Waals surface area contributed by atoms with Crippen LogP contribution in [0.1, 0.15) is 0 Å².